The Bertz CT molecular complexity index is 1300. The fraction of sp³-hybridized carbons (Fsp3) is 0.208. The van der Waals surface area contributed by atoms with Crippen LogP contribution in [0.4, 0.5) is 0 Å². The van der Waals surface area contributed by atoms with Gasteiger partial charge in [0, 0.05) is 41.8 Å². The molecule has 6 rings (SSSR count). The molecule has 2 aliphatic rings. The molecule has 0 saturated heterocycles. The lowest BCUT2D eigenvalue weighted by molar-refractivity contribution is 0.0705. The molecule has 1 aromatic carbocycles. The Labute approximate surface area is 173 Å². The first kappa shape index (κ1) is 17.2. The van der Waals surface area contributed by atoms with Gasteiger partial charge in [0.2, 0.25) is 0 Å². The van der Waals surface area contributed by atoms with E-state index < -0.39 is 0 Å². The Kier molecular flexibility index (Phi) is 3.40. The van der Waals surface area contributed by atoms with Gasteiger partial charge in [0.1, 0.15) is 5.69 Å². The van der Waals surface area contributed by atoms with Crippen LogP contribution in [0.25, 0.3) is 28.1 Å². The number of pyridine rings is 1. The summed E-state index contributed by atoms with van der Waals surface area (Å²) in [5, 5.41) is 0. The minimum absolute atomic E-state index is 0.0218. The summed E-state index contributed by atoms with van der Waals surface area (Å²) >= 11 is 0. The Morgan fingerprint density at radius 3 is 2.73 bits per heavy atom. The lowest BCUT2D eigenvalue weighted by Crippen LogP contribution is -2.36. The van der Waals surface area contributed by atoms with Crippen molar-refractivity contribution in [2.45, 2.75) is 25.3 Å². The zero-order valence-corrected chi connectivity index (χ0v) is 16.8. The number of nitrogens with zero attached hydrogens (tertiary/aromatic N) is 4. The maximum absolute atomic E-state index is 13.4. The van der Waals surface area contributed by atoms with E-state index in [1.807, 2.05) is 48.0 Å². The molecule has 3 aromatic heterocycles. The predicted octanol–water partition coefficient (Wildman–Crippen LogP) is 4.58. The molecule has 0 N–H and O–H groups in total. The maximum Gasteiger partial charge on any atom is 0.271 e. The molecule has 1 saturated carbocycles. The highest BCUT2D eigenvalue weighted by Crippen LogP contribution is 2.54. The van der Waals surface area contributed by atoms with Crippen molar-refractivity contribution in [3.05, 3.63) is 78.3 Å². The first-order chi connectivity index (χ1) is 14.6. The molecule has 1 aliphatic carbocycles. The van der Waals surface area contributed by atoms with Crippen LogP contribution >= 0.6 is 0 Å². The number of amides is 1. The van der Waals surface area contributed by atoms with Gasteiger partial charge in [0.05, 0.1) is 17.4 Å². The summed E-state index contributed by atoms with van der Waals surface area (Å²) in [7, 11) is 1.91. The van der Waals surface area contributed by atoms with Crippen molar-refractivity contribution in [1.82, 2.24) is 19.4 Å². The number of hydrogen-bond acceptors (Lipinski definition) is 4. The number of rotatable bonds is 2. The van der Waals surface area contributed by atoms with Crippen molar-refractivity contribution in [2.24, 2.45) is 0 Å². The fourth-order valence-electron chi connectivity index (χ4n) is 4.67. The van der Waals surface area contributed by atoms with E-state index in [1.54, 1.807) is 6.20 Å². The highest BCUT2D eigenvalue weighted by molar-refractivity contribution is 5.97. The van der Waals surface area contributed by atoms with Crippen LogP contribution in [0.1, 0.15) is 34.6 Å². The number of oxazole rings is 1. The standard InChI is InChI=1S/C24H20N4O2/c1-15-18(4-3-9-26-15)16-5-6-19-20(10-16)28-13-17(22-12-25-14-30-22)11-21(28)23(29)27(2)24(19)7-8-24/h3-6,9-14H,7-8H2,1-2H3. The van der Waals surface area contributed by atoms with Gasteiger partial charge in [-0.2, -0.15) is 0 Å². The molecule has 0 atom stereocenters. The molecule has 1 amide bonds. The summed E-state index contributed by atoms with van der Waals surface area (Å²) in [4.78, 5) is 23.8. The third-order valence-corrected chi connectivity index (χ3v) is 6.50. The number of fused-ring (bicyclic) bond motifs is 4. The molecular formula is C24H20N4O2. The number of aryl methyl sites for hydroxylation is 1. The molecule has 4 aromatic rings. The van der Waals surface area contributed by atoms with Gasteiger partial charge >= 0.3 is 0 Å². The van der Waals surface area contributed by atoms with Gasteiger partial charge in [-0.15, -0.1) is 0 Å². The Morgan fingerprint density at radius 1 is 1.13 bits per heavy atom. The zero-order chi connectivity index (χ0) is 20.5. The first-order valence-electron chi connectivity index (χ1n) is 10.0. The molecule has 6 nitrogen and oxygen atoms in total. The Morgan fingerprint density at radius 2 is 2.00 bits per heavy atom. The van der Waals surface area contributed by atoms with Crippen LogP contribution in [0.5, 0.6) is 0 Å². The van der Waals surface area contributed by atoms with E-state index in [0.717, 1.165) is 40.9 Å². The van der Waals surface area contributed by atoms with Crippen LogP contribution in [0.15, 0.2) is 65.8 Å². The molecule has 148 valence electrons. The minimum Gasteiger partial charge on any atom is -0.443 e. The second-order valence-corrected chi connectivity index (χ2v) is 8.11. The van der Waals surface area contributed by atoms with E-state index in [2.05, 4.69) is 34.2 Å². The van der Waals surface area contributed by atoms with Crippen molar-refractivity contribution in [3.8, 4) is 28.1 Å². The second kappa shape index (κ2) is 5.92. The molecule has 4 heterocycles. The molecule has 0 radical (unpaired) electrons. The maximum atomic E-state index is 13.4. The van der Waals surface area contributed by atoms with Gasteiger partial charge in [-0.1, -0.05) is 18.2 Å². The fourth-order valence-corrected chi connectivity index (χ4v) is 4.67. The smallest absolute Gasteiger partial charge is 0.271 e. The largest absolute Gasteiger partial charge is 0.443 e. The van der Waals surface area contributed by atoms with Crippen molar-refractivity contribution in [1.29, 1.82) is 0 Å². The third-order valence-electron chi connectivity index (χ3n) is 6.50. The SMILES string of the molecule is Cc1ncccc1-c1ccc2c(c1)-n1cc(-c3cnco3)cc1C(=O)N(C)C21CC1. The normalized spacial score (nSPS) is 16.3. The molecule has 0 bridgehead atoms. The number of aromatic nitrogens is 3. The Hall–Kier alpha value is -3.67. The summed E-state index contributed by atoms with van der Waals surface area (Å²) in [5.74, 6) is 0.668. The van der Waals surface area contributed by atoms with Gasteiger partial charge in [0.15, 0.2) is 12.2 Å². The van der Waals surface area contributed by atoms with Crippen molar-refractivity contribution in [3.63, 3.8) is 0 Å². The van der Waals surface area contributed by atoms with E-state index in [-0.39, 0.29) is 11.4 Å². The monoisotopic (exact) mass is 396 g/mol. The lowest BCUT2D eigenvalue weighted by atomic mass is 9.96. The van der Waals surface area contributed by atoms with E-state index in [4.69, 9.17) is 4.42 Å². The van der Waals surface area contributed by atoms with Crippen LogP contribution < -0.4 is 0 Å². The number of hydrogen-bond donors (Lipinski definition) is 0. The molecule has 0 unspecified atom stereocenters. The van der Waals surface area contributed by atoms with Gasteiger partial charge in [-0.05, 0) is 43.5 Å². The van der Waals surface area contributed by atoms with Crippen LogP contribution in [0.2, 0.25) is 0 Å². The third kappa shape index (κ3) is 2.27. The quantitative estimate of drug-likeness (QED) is 0.498. The van der Waals surface area contributed by atoms with Crippen molar-refractivity contribution >= 4 is 5.91 Å². The van der Waals surface area contributed by atoms with Gasteiger partial charge < -0.3 is 13.9 Å². The van der Waals surface area contributed by atoms with E-state index >= 15 is 0 Å². The number of carbonyl (C=O) groups is 1. The number of benzene rings is 1. The molecule has 30 heavy (non-hydrogen) atoms. The topological polar surface area (TPSA) is 64.2 Å². The summed E-state index contributed by atoms with van der Waals surface area (Å²) in [6, 6.07) is 12.4. The minimum atomic E-state index is -0.222. The zero-order valence-electron chi connectivity index (χ0n) is 16.8. The molecule has 1 fully saturated rings. The van der Waals surface area contributed by atoms with Crippen LogP contribution in [-0.4, -0.2) is 32.4 Å². The van der Waals surface area contributed by atoms with Crippen LogP contribution in [-0.2, 0) is 5.54 Å². The summed E-state index contributed by atoms with van der Waals surface area (Å²) in [6.45, 7) is 2.02. The molecule has 6 heteroatoms. The second-order valence-electron chi connectivity index (χ2n) is 8.11. The average Bonchev–Trinajstić information content (AvgIpc) is 3.19. The van der Waals surface area contributed by atoms with Gasteiger partial charge in [-0.3, -0.25) is 9.78 Å². The summed E-state index contributed by atoms with van der Waals surface area (Å²) < 4.78 is 7.49. The van der Waals surface area contributed by atoms with E-state index in [0.29, 0.717) is 11.5 Å². The van der Waals surface area contributed by atoms with E-state index in [1.165, 1.54) is 12.0 Å². The first-order valence-corrected chi connectivity index (χ1v) is 10.0. The predicted molar refractivity (Wildman–Crippen MR) is 112 cm³/mol. The number of carbonyl (C=O) groups excluding carboxylic acids is 1. The van der Waals surface area contributed by atoms with Gasteiger partial charge in [0.25, 0.3) is 5.91 Å². The Balaban J connectivity index is 1.62. The molecule has 1 aliphatic heterocycles. The lowest BCUT2D eigenvalue weighted by Gasteiger charge is -2.27. The summed E-state index contributed by atoms with van der Waals surface area (Å²) in [5.41, 5.74) is 6.63. The highest BCUT2D eigenvalue weighted by atomic mass is 16.3. The highest BCUT2D eigenvalue weighted by Gasteiger charge is 2.53. The van der Waals surface area contributed by atoms with Crippen molar-refractivity contribution in [2.75, 3.05) is 7.05 Å². The summed E-state index contributed by atoms with van der Waals surface area (Å²) in [6.07, 6.45) is 8.82. The van der Waals surface area contributed by atoms with Crippen LogP contribution in [0.3, 0.4) is 0 Å². The average molecular weight is 396 g/mol. The molecule has 1 spiro atoms. The van der Waals surface area contributed by atoms with Crippen LogP contribution in [0, 0.1) is 6.92 Å². The molecular weight excluding hydrogens is 376 g/mol. The van der Waals surface area contributed by atoms with Crippen molar-refractivity contribution < 1.29 is 9.21 Å². The van der Waals surface area contributed by atoms with E-state index in [9.17, 15) is 4.79 Å². The van der Waals surface area contributed by atoms with Gasteiger partial charge in [-0.25, -0.2) is 4.98 Å².